The SMILES string of the molecule is CC(C)C(C)N(C)C(=O)Cc1ccc(C(N)=NO)cc1. The van der Waals surface area contributed by atoms with E-state index in [-0.39, 0.29) is 17.8 Å². The average molecular weight is 277 g/mol. The van der Waals surface area contributed by atoms with Crippen LogP contribution in [-0.4, -0.2) is 34.9 Å². The summed E-state index contributed by atoms with van der Waals surface area (Å²) in [6.45, 7) is 6.24. The van der Waals surface area contributed by atoms with Crippen LogP contribution in [0.3, 0.4) is 0 Å². The van der Waals surface area contributed by atoms with E-state index in [2.05, 4.69) is 19.0 Å². The molecule has 0 aliphatic heterocycles. The molecule has 0 radical (unpaired) electrons. The van der Waals surface area contributed by atoms with Gasteiger partial charge < -0.3 is 15.8 Å². The van der Waals surface area contributed by atoms with Crippen molar-refractivity contribution >= 4 is 11.7 Å². The highest BCUT2D eigenvalue weighted by molar-refractivity contribution is 5.97. The number of nitrogens with two attached hydrogens (primary N) is 1. The lowest BCUT2D eigenvalue weighted by Crippen LogP contribution is -2.39. The third-order valence-corrected chi connectivity index (χ3v) is 3.68. The van der Waals surface area contributed by atoms with Gasteiger partial charge in [-0.15, -0.1) is 0 Å². The number of oxime groups is 1. The predicted molar refractivity (Wildman–Crippen MR) is 79.7 cm³/mol. The van der Waals surface area contributed by atoms with Crippen LogP contribution in [0.4, 0.5) is 0 Å². The summed E-state index contributed by atoms with van der Waals surface area (Å²) in [5.41, 5.74) is 7.03. The van der Waals surface area contributed by atoms with E-state index in [4.69, 9.17) is 10.9 Å². The Morgan fingerprint density at radius 2 is 1.85 bits per heavy atom. The molecule has 1 aromatic carbocycles. The number of amides is 1. The van der Waals surface area contributed by atoms with Crippen LogP contribution in [0.1, 0.15) is 31.9 Å². The molecule has 0 spiro atoms. The van der Waals surface area contributed by atoms with Crippen molar-refractivity contribution in [2.45, 2.75) is 33.2 Å². The third-order valence-electron chi connectivity index (χ3n) is 3.68. The summed E-state index contributed by atoms with van der Waals surface area (Å²) in [5, 5.41) is 11.5. The van der Waals surface area contributed by atoms with Crippen LogP contribution in [-0.2, 0) is 11.2 Å². The van der Waals surface area contributed by atoms with E-state index in [1.54, 1.807) is 17.0 Å². The molecular formula is C15H23N3O2. The van der Waals surface area contributed by atoms with Gasteiger partial charge in [0.25, 0.3) is 0 Å². The summed E-state index contributed by atoms with van der Waals surface area (Å²) in [6, 6.07) is 7.32. The van der Waals surface area contributed by atoms with Gasteiger partial charge in [-0.05, 0) is 18.4 Å². The molecule has 1 rings (SSSR count). The molecule has 1 aromatic rings. The van der Waals surface area contributed by atoms with Crippen LogP contribution < -0.4 is 5.73 Å². The normalized spacial score (nSPS) is 13.3. The van der Waals surface area contributed by atoms with E-state index in [0.717, 1.165) is 5.56 Å². The molecule has 110 valence electrons. The summed E-state index contributed by atoms with van der Waals surface area (Å²) < 4.78 is 0. The molecule has 0 saturated heterocycles. The molecular weight excluding hydrogens is 254 g/mol. The Bertz CT molecular complexity index is 480. The number of nitrogens with zero attached hydrogens (tertiary/aromatic N) is 2. The van der Waals surface area contributed by atoms with Crippen molar-refractivity contribution in [1.82, 2.24) is 4.90 Å². The molecule has 20 heavy (non-hydrogen) atoms. The first-order valence-electron chi connectivity index (χ1n) is 6.69. The van der Waals surface area contributed by atoms with Gasteiger partial charge in [0.1, 0.15) is 0 Å². The minimum Gasteiger partial charge on any atom is -0.409 e. The molecule has 5 nitrogen and oxygen atoms in total. The third kappa shape index (κ3) is 3.98. The van der Waals surface area contributed by atoms with Gasteiger partial charge in [-0.2, -0.15) is 0 Å². The van der Waals surface area contributed by atoms with Crippen molar-refractivity contribution in [2.24, 2.45) is 16.8 Å². The van der Waals surface area contributed by atoms with Gasteiger partial charge in [0, 0.05) is 18.7 Å². The van der Waals surface area contributed by atoms with Crippen molar-refractivity contribution in [3.05, 3.63) is 35.4 Å². The Balaban J connectivity index is 2.72. The van der Waals surface area contributed by atoms with Crippen molar-refractivity contribution < 1.29 is 10.0 Å². The summed E-state index contributed by atoms with van der Waals surface area (Å²) in [5.74, 6) is 0.572. The number of hydrogen-bond acceptors (Lipinski definition) is 3. The quantitative estimate of drug-likeness (QED) is 0.373. The number of carbonyl (C=O) groups excluding carboxylic acids is 1. The molecule has 5 heteroatoms. The summed E-state index contributed by atoms with van der Waals surface area (Å²) in [4.78, 5) is 14.0. The van der Waals surface area contributed by atoms with Crippen LogP contribution >= 0.6 is 0 Å². The van der Waals surface area contributed by atoms with Crippen LogP contribution in [0.15, 0.2) is 29.4 Å². The molecule has 0 fully saturated rings. The number of amidine groups is 1. The maximum atomic E-state index is 12.2. The van der Waals surface area contributed by atoms with Gasteiger partial charge in [0.15, 0.2) is 5.84 Å². The lowest BCUT2D eigenvalue weighted by molar-refractivity contribution is -0.131. The smallest absolute Gasteiger partial charge is 0.226 e. The fourth-order valence-corrected chi connectivity index (χ4v) is 1.82. The molecule has 3 N–H and O–H groups in total. The topological polar surface area (TPSA) is 78.9 Å². The monoisotopic (exact) mass is 277 g/mol. The Morgan fingerprint density at radius 3 is 2.30 bits per heavy atom. The second-order valence-electron chi connectivity index (χ2n) is 5.35. The fraction of sp³-hybridized carbons (Fsp3) is 0.467. The minimum absolute atomic E-state index is 0.0634. The molecule has 0 aliphatic rings. The second-order valence-corrected chi connectivity index (χ2v) is 5.35. The fourth-order valence-electron chi connectivity index (χ4n) is 1.82. The first-order valence-corrected chi connectivity index (χ1v) is 6.69. The van der Waals surface area contributed by atoms with Crippen molar-refractivity contribution in [1.29, 1.82) is 0 Å². The minimum atomic E-state index is 0.0634. The van der Waals surface area contributed by atoms with Crippen LogP contribution in [0.2, 0.25) is 0 Å². The number of hydrogen-bond donors (Lipinski definition) is 2. The largest absolute Gasteiger partial charge is 0.409 e. The second kappa shape index (κ2) is 6.93. The van der Waals surface area contributed by atoms with E-state index < -0.39 is 0 Å². The number of rotatable bonds is 5. The summed E-state index contributed by atoms with van der Waals surface area (Å²) in [6.07, 6.45) is 0.351. The van der Waals surface area contributed by atoms with E-state index >= 15 is 0 Å². The zero-order valence-electron chi connectivity index (χ0n) is 12.5. The van der Waals surface area contributed by atoms with Crippen LogP contribution in [0.25, 0.3) is 0 Å². The van der Waals surface area contributed by atoms with E-state index in [1.165, 1.54) is 0 Å². The Labute approximate surface area is 120 Å². The van der Waals surface area contributed by atoms with Crippen molar-refractivity contribution in [3.8, 4) is 0 Å². The average Bonchev–Trinajstić information content (AvgIpc) is 2.45. The lowest BCUT2D eigenvalue weighted by atomic mass is 10.0. The van der Waals surface area contributed by atoms with E-state index in [1.807, 2.05) is 26.1 Å². The first kappa shape index (κ1) is 16.0. The van der Waals surface area contributed by atoms with Crippen molar-refractivity contribution in [3.63, 3.8) is 0 Å². The van der Waals surface area contributed by atoms with E-state index in [9.17, 15) is 4.79 Å². The highest BCUT2D eigenvalue weighted by atomic mass is 16.4. The first-order chi connectivity index (χ1) is 9.36. The van der Waals surface area contributed by atoms with E-state index in [0.29, 0.717) is 17.9 Å². The van der Waals surface area contributed by atoms with Gasteiger partial charge in [0.2, 0.25) is 5.91 Å². The molecule has 0 heterocycles. The Hall–Kier alpha value is -2.04. The van der Waals surface area contributed by atoms with Crippen molar-refractivity contribution in [2.75, 3.05) is 7.05 Å². The Morgan fingerprint density at radius 1 is 1.30 bits per heavy atom. The number of carbonyl (C=O) groups is 1. The van der Waals surface area contributed by atoms with Crippen LogP contribution in [0.5, 0.6) is 0 Å². The predicted octanol–water partition coefficient (Wildman–Crippen LogP) is 1.83. The number of benzene rings is 1. The highest BCUT2D eigenvalue weighted by Crippen LogP contribution is 2.11. The molecule has 0 bridgehead atoms. The van der Waals surface area contributed by atoms with Crippen LogP contribution in [0, 0.1) is 5.92 Å². The standard InChI is InChI=1S/C15H23N3O2/c1-10(2)11(3)18(4)14(19)9-12-5-7-13(8-6-12)15(16)17-20/h5-8,10-11,20H,9H2,1-4H3,(H2,16,17). The molecule has 1 atom stereocenters. The molecule has 0 aliphatic carbocycles. The zero-order chi connectivity index (χ0) is 15.3. The van der Waals surface area contributed by atoms with Gasteiger partial charge >= 0.3 is 0 Å². The van der Waals surface area contributed by atoms with Gasteiger partial charge in [0.05, 0.1) is 6.42 Å². The van der Waals surface area contributed by atoms with Gasteiger partial charge in [-0.1, -0.05) is 43.3 Å². The molecule has 0 saturated carbocycles. The maximum Gasteiger partial charge on any atom is 0.226 e. The molecule has 1 amide bonds. The summed E-state index contributed by atoms with van der Waals surface area (Å²) >= 11 is 0. The lowest BCUT2D eigenvalue weighted by Gasteiger charge is -2.28. The van der Waals surface area contributed by atoms with Gasteiger partial charge in [-0.3, -0.25) is 4.79 Å². The summed E-state index contributed by atoms with van der Waals surface area (Å²) in [7, 11) is 1.83. The molecule has 0 aromatic heterocycles. The maximum absolute atomic E-state index is 12.2. The van der Waals surface area contributed by atoms with Gasteiger partial charge in [-0.25, -0.2) is 0 Å². The zero-order valence-corrected chi connectivity index (χ0v) is 12.5. The number of likely N-dealkylation sites (N-methyl/N-ethyl adjacent to an activating group) is 1. The Kier molecular flexibility index (Phi) is 5.55. The molecule has 1 unspecified atom stereocenters. The highest BCUT2D eigenvalue weighted by Gasteiger charge is 2.18.